The fourth-order valence-electron chi connectivity index (χ4n) is 2.50. The molecule has 0 aliphatic rings. The van der Waals surface area contributed by atoms with Gasteiger partial charge in [0, 0.05) is 29.1 Å². The van der Waals surface area contributed by atoms with Crippen LogP contribution in [0.4, 0.5) is 0 Å². The van der Waals surface area contributed by atoms with Crippen LogP contribution in [0.15, 0.2) is 24.3 Å². The number of carbonyl (C=O) groups is 2. The molecule has 1 heterocycles. The summed E-state index contributed by atoms with van der Waals surface area (Å²) in [5, 5.41) is 12.5. The van der Waals surface area contributed by atoms with E-state index in [4.69, 9.17) is 5.11 Å². The van der Waals surface area contributed by atoms with Gasteiger partial charge in [-0.25, -0.2) is 0 Å². The fraction of sp³-hybridized carbons (Fsp3) is 0.375. The van der Waals surface area contributed by atoms with Gasteiger partial charge in [0.25, 0.3) is 5.91 Å². The second kappa shape index (κ2) is 6.43. The smallest absolute Gasteiger partial charge is 0.303 e. The highest BCUT2D eigenvalue weighted by atomic mass is 16.4. The number of hydrogen-bond acceptors (Lipinski definition) is 2. The first kappa shape index (κ1) is 15.1. The van der Waals surface area contributed by atoms with Crippen molar-refractivity contribution < 1.29 is 14.7 Å². The first-order valence-electron chi connectivity index (χ1n) is 7.09. The third-order valence-electron chi connectivity index (χ3n) is 3.53. The molecule has 1 aromatic heterocycles. The van der Waals surface area contributed by atoms with Crippen LogP contribution in [-0.4, -0.2) is 28.0 Å². The highest BCUT2D eigenvalue weighted by Crippen LogP contribution is 2.21. The molecule has 0 saturated carbocycles. The van der Waals surface area contributed by atoms with E-state index < -0.39 is 5.97 Å². The minimum atomic E-state index is -0.805. The van der Waals surface area contributed by atoms with Crippen molar-refractivity contribution in [2.24, 2.45) is 0 Å². The van der Waals surface area contributed by atoms with Crippen LogP contribution in [-0.2, 0) is 4.79 Å². The van der Waals surface area contributed by atoms with Crippen LogP contribution in [0.5, 0.6) is 0 Å². The zero-order valence-electron chi connectivity index (χ0n) is 12.3. The van der Waals surface area contributed by atoms with Crippen LogP contribution in [0.2, 0.25) is 0 Å². The van der Waals surface area contributed by atoms with Crippen LogP contribution < -0.4 is 5.32 Å². The summed E-state index contributed by atoms with van der Waals surface area (Å²) in [6.45, 7) is 3.77. The Bertz CT molecular complexity index is 661. The summed E-state index contributed by atoms with van der Waals surface area (Å²) in [4.78, 5) is 26.1. The first-order chi connectivity index (χ1) is 9.99. The maximum atomic E-state index is 12.4. The zero-order valence-corrected chi connectivity index (χ0v) is 12.3. The number of aryl methyl sites for hydroxylation is 1. The molecule has 112 valence electrons. The second-order valence-electron chi connectivity index (χ2n) is 5.33. The maximum absolute atomic E-state index is 12.4. The molecule has 1 aromatic carbocycles. The lowest BCUT2D eigenvalue weighted by Crippen LogP contribution is -2.32. The van der Waals surface area contributed by atoms with E-state index >= 15 is 0 Å². The topological polar surface area (TPSA) is 82.2 Å². The normalized spacial score (nSPS) is 12.3. The van der Waals surface area contributed by atoms with Crippen molar-refractivity contribution in [2.45, 2.75) is 39.2 Å². The summed E-state index contributed by atoms with van der Waals surface area (Å²) in [6, 6.07) is 7.64. The van der Waals surface area contributed by atoms with E-state index in [0.717, 1.165) is 16.6 Å². The maximum Gasteiger partial charge on any atom is 0.303 e. The molecule has 2 rings (SSSR count). The lowest BCUT2D eigenvalue weighted by Gasteiger charge is -2.13. The summed E-state index contributed by atoms with van der Waals surface area (Å²) in [5.41, 5.74) is 2.45. The van der Waals surface area contributed by atoms with Crippen LogP contribution in [0.1, 0.15) is 42.2 Å². The zero-order chi connectivity index (χ0) is 15.4. The molecule has 0 radical (unpaired) electrons. The number of aliphatic carboxylic acids is 1. The van der Waals surface area contributed by atoms with Gasteiger partial charge in [-0.15, -0.1) is 0 Å². The molecule has 5 nitrogen and oxygen atoms in total. The Labute approximate surface area is 123 Å². The predicted molar refractivity (Wildman–Crippen MR) is 81.5 cm³/mol. The number of nitrogens with one attached hydrogen (secondary N) is 2. The molecule has 3 N–H and O–H groups in total. The van der Waals surface area contributed by atoms with Crippen LogP contribution in [0.25, 0.3) is 10.9 Å². The monoisotopic (exact) mass is 288 g/mol. The van der Waals surface area contributed by atoms with E-state index in [-0.39, 0.29) is 18.4 Å². The van der Waals surface area contributed by atoms with Gasteiger partial charge >= 0.3 is 5.97 Å². The van der Waals surface area contributed by atoms with Crippen LogP contribution in [0, 0.1) is 6.92 Å². The highest BCUT2D eigenvalue weighted by Gasteiger charge is 2.17. The number of aromatic nitrogens is 1. The molecule has 0 saturated heterocycles. The molecular weight excluding hydrogens is 268 g/mol. The van der Waals surface area contributed by atoms with Gasteiger partial charge in [0.1, 0.15) is 0 Å². The van der Waals surface area contributed by atoms with Crippen molar-refractivity contribution in [2.75, 3.05) is 0 Å². The molecule has 5 heteroatoms. The van der Waals surface area contributed by atoms with Gasteiger partial charge in [0.15, 0.2) is 0 Å². The molecule has 1 atom stereocenters. The van der Waals surface area contributed by atoms with Crippen molar-refractivity contribution in [3.05, 3.63) is 35.5 Å². The average Bonchev–Trinajstić information content (AvgIpc) is 2.73. The summed E-state index contributed by atoms with van der Waals surface area (Å²) in [6.07, 6.45) is 1.34. The van der Waals surface area contributed by atoms with Gasteiger partial charge in [0.2, 0.25) is 0 Å². The number of benzene rings is 1. The van der Waals surface area contributed by atoms with Gasteiger partial charge in [-0.05, 0) is 32.8 Å². The van der Waals surface area contributed by atoms with E-state index in [1.807, 2.05) is 38.1 Å². The van der Waals surface area contributed by atoms with E-state index in [9.17, 15) is 9.59 Å². The van der Waals surface area contributed by atoms with Crippen LogP contribution >= 0.6 is 0 Å². The number of amides is 1. The highest BCUT2D eigenvalue weighted by molar-refractivity contribution is 6.08. The van der Waals surface area contributed by atoms with Gasteiger partial charge in [0.05, 0.1) is 5.56 Å². The van der Waals surface area contributed by atoms with Crippen molar-refractivity contribution in [1.29, 1.82) is 0 Å². The van der Waals surface area contributed by atoms with E-state index in [1.54, 1.807) is 0 Å². The third-order valence-corrected chi connectivity index (χ3v) is 3.53. The summed E-state index contributed by atoms with van der Waals surface area (Å²) in [5.74, 6) is -0.922. The minimum Gasteiger partial charge on any atom is -0.481 e. The summed E-state index contributed by atoms with van der Waals surface area (Å²) in [7, 11) is 0. The number of carbonyl (C=O) groups excluding carboxylic acids is 1. The Balaban J connectivity index is 2.05. The number of carboxylic acids is 1. The third kappa shape index (κ3) is 3.62. The molecule has 0 spiro atoms. The van der Waals surface area contributed by atoms with Gasteiger partial charge in [-0.2, -0.15) is 0 Å². The van der Waals surface area contributed by atoms with Gasteiger partial charge in [-0.1, -0.05) is 18.2 Å². The molecular formula is C16H20N2O3. The Hall–Kier alpha value is -2.30. The molecule has 0 aliphatic carbocycles. The number of fused-ring (bicyclic) bond motifs is 1. The number of H-pyrrole nitrogens is 1. The summed E-state index contributed by atoms with van der Waals surface area (Å²) >= 11 is 0. The lowest BCUT2D eigenvalue weighted by molar-refractivity contribution is -0.137. The van der Waals surface area contributed by atoms with E-state index in [0.29, 0.717) is 18.4 Å². The first-order valence-corrected chi connectivity index (χ1v) is 7.09. The van der Waals surface area contributed by atoms with E-state index in [1.165, 1.54) is 0 Å². The average molecular weight is 288 g/mol. The van der Waals surface area contributed by atoms with Crippen molar-refractivity contribution in [1.82, 2.24) is 10.3 Å². The SMILES string of the molecule is Cc1[nH]c2ccccc2c1C(=O)NC(C)CCCC(=O)O. The van der Waals surface area contributed by atoms with Gasteiger partial charge < -0.3 is 15.4 Å². The largest absolute Gasteiger partial charge is 0.481 e. The standard InChI is InChI=1S/C16H20N2O3/c1-10(6-5-9-14(19)20)17-16(21)15-11(2)18-13-8-4-3-7-12(13)15/h3-4,7-8,10,18H,5-6,9H2,1-2H3,(H,17,21)(H,19,20). The molecule has 1 amide bonds. The number of para-hydroxylation sites is 1. The quantitative estimate of drug-likeness (QED) is 0.764. The Morgan fingerprint density at radius 3 is 2.76 bits per heavy atom. The van der Waals surface area contributed by atoms with Gasteiger partial charge in [-0.3, -0.25) is 9.59 Å². The summed E-state index contributed by atoms with van der Waals surface area (Å²) < 4.78 is 0. The molecule has 21 heavy (non-hydrogen) atoms. The molecule has 0 bridgehead atoms. The molecule has 0 aliphatic heterocycles. The minimum absolute atomic E-state index is 0.0510. The van der Waals surface area contributed by atoms with Crippen molar-refractivity contribution in [3.8, 4) is 0 Å². The molecule has 1 unspecified atom stereocenters. The number of rotatable bonds is 6. The lowest BCUT2D eigenvalue weighted by atomic mass is 10.1. The number of carboxylic acid groups (broad SMARTS) is 1. The van der Waals surface area contributed by atoms with Crippen molar-refractivity contribution >= 4 is 22.8 Å². The Morgan fingerprint density at radius 2 is 2.05 bits per heavy atom. The van der Waals surface area contributed by atoms with Crippen molar-refractivity contribution in [3.63, 3.8) is 0 Å². The number of hydrogen-bond donors (Lipinski definition) is 3. The molecule has 2 aromatic rings. The second-order valence-corrected chi connectivity index (χ2v) is 5.33. The van der Waals surface area contributed by atoms with E-state index in [2.05, 4.69) is 10.3 Å². The van der Waals surface area contributed by atoms with Crippen LogP contribution in [0.3, 0.4) is 0 Å². The Morgan fingerprint density at radius 1 is 1.33 bits per heavy atom. The number of aromatic amines is 1. The molecule has 0 fully saturated rings. The fourth-order valence-corrected chi connectivity index (χ4v) is 2.50. The predicted octanol–water partition coefficient (Wildman–Crippen LogP) is 2.85. The Kier molecular flexibility index (Phi) is 4.62.